The van der Waals surface area contributed by atoms with Crippen molar-refractivity contribution in [2.75, 3.05) is 6.61 Å². The first kappa shape index (κ1) is 18.3. The van der Waals surface area contributed by atoms with Crippen LogP contribution in [0.15, 0.2) is 30.7 Å². The van der Waals surface area contributed by atoms with E-state index < -0.39 is 8.32 Å². The largest absolute Gasteiger partial charge is 0.436 e. The number of carbonyl (C=O) groups excluding carboxylic acids is 1. The molecule has 0 aliphatic rings. The van der Waals surface area contributed by atoms with Crippen molar-refractivity contribution < 1.29 is 14.0 Å². The van der Waals surface area contributed by atoms with E-state index in [0.29, 0.717) is 30.3 Å². The van der Waals surface area contributed by atoms with Gasteiger partial charge in [0.25, 0.3) is 0 Å². The second-order valence-electron chi connectivity index (χ2n) is 7.20. The molecule has 2 rings (SSSR count). The molecule has 0 amide bonds. The standard InChI is InChI=1S/C17H25N3O3Si/c1-17(2,3)24(4,5)22-9-8-20-12-15(11-19-20)23-16-7-6-14(13-21)10-18-16/h6-7,10-13H,8-9H2,1-5H3. The third-order valence-corrected chi connectivity index (χ3v) is 8.85. The summed E-state index contributed by atoms with van der Waals surface area (Å²) in [6, 6.07) is 3.31. The summed E-state index contributed by atoms with van der Waals surface area (Å²) in [7, 11) is -1.73. The van der Waals surface area contributed by atoms with Gasteiger partial charge in [0.05, 0.1) is 25.5 Å². The highest BCUT2D eigenvalue weighted by Gasteiger charge is 2.36. The molecule has 0 spiro atoms. The molecule has 24 heavy (non-hydrogen) atoms. The average Bonchev–Trinajstić information content (AvgIpc) is 2.94. The number of aromatic nitrogens is 3. The summed E-state index contributed by atoms with van der Waals surface area (Å²) in [6.07, 6.45) is 5.67. The van der Waals surface area contributed by atoms with E-state index in [1.54, 1.807) is 23.0 Å². The molecule has 6 nitrogen and oxygen atoms in total. The van der Waals surface area contributed by atoms with Gasteiger partial charge < -0.3 is 9.16 Å². The van der Waals surface area contributed by atoms with Crippen LogP contribution in [0.5, 0.6) is 11.6 Å². The molecule has 130 valence electrons. The van der Waals surface area contributed by atoms with Crippen LogP contribution in [-0.2, 0) is 11.0 Å². The van der Waals surface area contributed by atoms with Crippen LogP contribution in [0.4, 0.5) is 0 Å². The summed E-state index contributed by atoms with van der Waals surface area (Å²) in [6.45, 7) is 12.4. The Morgan fingerprint density at radius 1 is 1.25 bits per heavy atom. The van der Waals surface area contributed by atoms with E-state index in [1.165, 1.54) is 6.20 Å². The zero-order valence-electron chi connectivity index (χ0n) is 14.9. The Bertz CT molecular complexity index is 675. The Hall–Kier alpha value is -1.99. The molecular weight excluding hydrogens is 322 g/mol. The fourth-order valence-corrected chi connectivity index (χ4v) is 2.81. The fourth-order valence-electron chi connectivity index (χ4n) is 1.77. The summed E-state index contributed by atoms with van der Waals surface area (Å²) in [5.41, 5.74) is 0.515. The molecule has 0 saturated heterocycles. The molecule has 0 N–H and O–H groups in total. The lowest BCUT2D eigenvalue weighted by atomic mass is 10.2. The van der Waals surface area contributed by atoms with Gasteiger partial charge in [-0.3, -0.25) is 9.48 Å². The zero-order chi connectivity index (χ0) is 17.8. The minimum absolute atomic E-state index is 0.199. The Balaban J connectivity index is 1.88. The number of rotatable bonds is 7. The number of carbonyl (C=O) groups is 1. The first-order chi connectivity index (χ1) is 11.2. The first-order valence-corrected chi connectivity index (χ1v) is 10.9. The van der Waals surface area contributed by atoms with Gasteiger partial charge in [-0.05, 0) is 24.2 Å². The van der Waals surface area contributed by atoms with E-state index in [1.807, 2.05) is 6.20 Å². The third-order valence-electron chi connectivity index (χ3n) is 4.32. The van der Waals surface area contributed by atoms with E-state index in [4.69, 9.17) is 9.16 Å². The molecule has 0 aliphatic heterocycles. The molecule has 0 saturated carbocycles. The molecule has 7 heteroatoms. The number of ether oxygens (including phenoxy) is 1. The normalized spacial score (nSPS) is 12.2. The maximum atomic E-state index is 10.6. The Morgan fingerprint density at radius 3 is 2.58 bits per heavy atom. The van der Waals surface area contributed by atoms with Crippen molar-refractivity contribution in [1.29, 1.82) is 0 Å². The summed E-state index contributed by atoms with van der Waals surface area (Å²) >= 11 is 0. The van der Waals surface area contributed by atoms with Gasteiger partial charge in [-0.1, -0.05) is 20.8 Å². The average molecular weight is 347 g/mol. The Labute approximate surface area is 143 Å². The highest BCUT2D eigenvalue weighted by Crippen LogP contribution is 2.36. The SMILES string of the molecule is CC(C)(C)[Si](C)(C)OCCn1cc(Oc2ccc(C=O)cn2)cn1. The number of hydrogen-bond donors (Lipinski definition) is 0. The molecule has 0 radical (unpaired) electrons. The summed E-state index contributed by atoms with van der Waals surface area (Å²) in [5, 5.41) is 4.47. The summed E-state index contributed by atoms with van der Waals surface area (Å²) < 4.78 is 13.6. The molecular formula is C17H25N3O3Si. The number of pyridine rings is 1. The molecule has 0 aliphatic carbocycles. The molecule has 0 bridgehead atoms. The zero-order valence-corrected chi connectivity index (χ0v) is 15.9. The lowest BCUT2D eigenvalue weighted by molar-refractivity contribution is 0.112. The highest BCUT2D eigenvalue weighted by molar-refractivity contribution is 6.74. The van der Waals surface area contributed by atoms with Crippen molar-refractivity contribution in [1.82, 2.24) is 14.8 Å². The van der Waals surface area contributed by atoms with Crippen molar-refractivity contribution in [3.63, 3.8) is 0 Å². The van der Waals surface area contributed by atoms with Gasteiger partial charge in [-0.2, -0.15) is 5.10 Å². The van der Waals surface area contributed by atoms with E-state index in [9.17, 15) is 4.79 Å². The second kappa shape index (κ2) is 7.27. The van der Waals surface area contributed by atoms with Crippen LogP contribution in [0.3, 0.4) is 0 Å². The minimum atomic E-state index is -1.73. The minimum Gasteiger partial charge on any atom is -0.436 e. The van der Waals surface area contributed by atoms with Gasteiger partial charge in [0, 0.05) is 17.8 Å². The molecule has 0 unspecified atom stereocenters. The fraction of sp³-hybridized carbons (Fsp3) is 0.471. The quantitative estimate of drug-likeness (QED) is 0.561. The third kappa shape index (κ3) is 4.75. The van der Waals surface area contributed by atoms with E-state index in [-0.39, 0.29) is 5.04 Å². The van der Waals surface area contributed by atoms with Gasteiger partial charge in [0.1, 0.15) is 0 Å². The summed E-state index contributed by atoms with van der Waals surface area (Å²) in [4.78, 5) is 14.7. The van der Waals surface area contributed by atoms with Crippen LogP contribution in [0.25, 0.3) is 0 Å². The van der Waals surface area contributed by atoms with Crippen molar-refractivity contribution in [2.45, 2.75) is 45.4 Å². The van der Waals surface area contributed by atoms with E-state index in [2.05, 4.69) is 43.9 Å². The van der Waals surface area contributed by atoms with Crippen LogP contribution in [-0.4, -0.2) is 36.0 Å². The molecule has 0 fully saturated rings. The monoisotopic (exact) mass is 347 g/mol. The number of nitrogens with zero attached hydrogens (tertiary/aromatic N) is 3. The topological polar surface area (TPSA) is 66.2 Å². The van der Waals surface area contributed by atoms with Crippen molar-refractivity contribution in [3.8, 4) is 11.6 Å². The van der Waals surface area contributed by atoms with Crippen LogP contribution < -0.4 is 4.74 Å². The van der Waals surface area contributed by atoms with Crippen LogP contribution in [0.2, 0.25) is 18.1 Å². The van der Waals surface area contributed by atoms with Crippen LogP contribution in [0, 0.1) is 0 Å². The number of hydrogen-bond acceptors (Lipinski definition) is 5. The predicted molar refractivity (Wildman–Crippen MR) is 95.1 cm³/mol. The van der Waals surface area contributed by atoms with Gasteiger partial charge in [0.2, 0.25) is 5.88 Å². The van der Waals surface area contributed by atoms with Crippen molar-refractivity contribution in [3.05, 3.63) is 36.3 Å². The van der Waals surface area contributed by atoms with Crippen LogP contribution >= 0.6 is 0 Å². The van der Waals surface area contributed by atoms with Crippen molar-refractivity contribution >= 4 is 14.6 Å². The predicted octanol–water partition coefficient (Wildman–Crippen LogP) is 3.90. The molecule has 2 aromatic rings. The van der Waals surface area contributed by atoms with Gasteiger partial charge in [-0.25, -0.2) is 4.98 Å². The Morgan fingerprint density at radius 2 is 2.00 bits per heavy atom. The molecule has 2 aromatic heterocycles. The molecule has 0 aromatic carbocycles. The summed E-state index contributed by atoms with van der Waals surface area (Å²) in [5.74, 6) is 1.03. The van der Waals surface area contributed by atoms with E-state index >= 15 is 0 Å². The maximum Gasteiger partial charge on any atom is 0.219 e. The first-order valence-electron chi connectivity index (χ1n) is 7.97. The Kier molecular flexibility index (Phi) is 5.56. The van der Waals surface area contributed by atoms with Crippen LogP contribution in [0.1, 0.15) is 31.1 Å². The maximum absolute atomic E-state index is 10.6. The smallest absolute Gasteiger partial charge is 0.219 e. The van der Waals surface area contributed by atoms with Gasteiger partial charge in [-0.15, -0.1) is 0 Å². The highest BCUT2D eigenvalue weighted by atomic mass is 28.4. The molecule has 2 heterocycles. The molecule has 0 atom stereocenters. The van der Waals surface area contributed by atoms with Gasteiger partial charge in [0.15, 0.2) is 20.4 Å². The van der Waals surface area contributed by atoms with E-state index in [0.717, 1.165) is 6.29 Å². The van der Waals surface area contributed by atoms with Crippen molar-refractivity contribution in [2.24, 2.45) is 0 Å². The van der Waals surface area contributed by atoms with Gasteiger partial charge >= 0.3 is 0 Å². The lowest BCUT2D eigenvalue weighted by Gasteiger charge is -2.36. The second-order valence-corrected chi connectivity index (χ2v) is 12.0. The number of aldehydes is 1. The lowest BCUT2D eigenvalue weighted by Crippen LogP contribution is -2.41.